The molecule has 5 aromatic rings. The molecule has 4 aromatic carbocycles. The van der Waals surface area contributed by atoms with E-state index in [1.807, 2.05) is 54.6 Å². The quantitative estimate of drug-likeness (QED) is 0.265. The first-order chi connectivity index (χ1) is 15.3. The highest BCUT2D eigenvalue weighted by molar-refractivity contribution is 8.00. The molecule has 0 aliphatic rings. The van der Waals surface area contributed by atoms with Crippen LogP contribution in [0.25, 0.3) is 10.8 Å². The molecule has 0 radical (unpaired) electrons. The predicted octanol–water partition coefficient (Wildman–Crippen LogP) is 7.52. The zero-order valence-electron chi connectivity index (χ0n) is 16.6. The van der Waals surface area contributed by atoms with Crippen molar-refractivity contribution in [2.75, 3.05) is 5.32 Å². The zero-order valence-corrected chi connectivity index (χ0v) is 18.2. The number of anilines is 2. The highest BCUT2D eigenvalue weighted by Gasteiger charge is 2.08. The van der Waals surface area contributed by atoms with E-state index in [0.29, 0.717) is 0 Å². The van der Waals surface area contributed by atoms with Crippen LogP contribution in [0.2, 0.25) is 0 Å². The second-order valence-corrected chi connectivity index (χ2v) is 9.06. The fraction of sp³-hybridized carbons (Fsp3) is 0.0400. The van der Waals surface area contributed by atoms with Crippen molar-refractivity contribution < 1.29 is 4.74 Å². The predicted molar refractivity (Wildman–Crippen MR) is 130 cm³/mol. The van der Waals surface area contributed by atoms with Gasteiger partial charge in [-0.2, -0.15) is 0 Å². The first kappa shape index (κ1) is 19.6. The van der Waals surface area contributed by atoms with Crippen molar-refractivity contribution in [3.8, 4) is 11.5 Å². The number of aromatic nitrogens is 2. The number of fused-ring (bicyclic) bond motifs is 1. The number of para-hydroxylation sites is 1. The Labute approximate surface area is 188 Å². The monoisotopic (exact) mass is 441 g/mol. The minimum Gasteiger partial charge on any atom is -0.457 e. The molecule has 0 spiro atoms. The van der Waals surface area contributed by atoms with Gasteiger partial charge in [0.25, 0.3) is 0 Å². The van der Waals surface area contributed by atoms with Gasteiger partial charge < -0.3 is 10.1 Å². The first-order valence-corrected chi connectivity index (χ1v) is 11.7. The minimum atomic E-state index is 0.775. The van der Waals surface area contributed by atoms with Crippen LogP contribution in [0.15, 0.2) is 101 Å². The summed E-state index contributed by atoms with van der Waals surface area (Å²) in [5, 5.41) is 15.3. The number of nitrogens with one attached hydrogen (secondary N) is 1. The topological polar surface area (TPSA) is 47.0 Å². The largest absolute Gasteiger partial charge is 0.457 e. The van der Waals surface area contributed by atoms with Crippen LogP contribution >= 0.6 is 23.1 Å². The van der Waals surface area contributed by atoms with E-state index in [1.165, 1.54) is 16.3 Å². The molecular weight excluding hydrogens is 422 g/mol. The number of ether oxygens (including phenoxy) is 1. The van der Waals surface area contributed by atoms with E-state index in [1.54, 1.807) is 23.1 Å². The van der Waals surface area contributed by atoms with E-state index in [2.05, 4.69) is 58.0 Å². The molecule has 6 heteroatoms. The van der Waals surface area contributed by atoms with Crippen LogP contribution in [-0.4, -0.2) is 10.2 Å². The number of thioether (sulfide) groups is 1. The van der Waals surface area contributed by atoms with Gasteiger partial charge in [-0.15, -0.1) is 10.2 Å². The van der Waals surface area contributed by atoms with E-state index in [4.69, 9.17) is 4.74 Å². The Balaban J connectivity index is 1.21. The lowest BCUT2D eigenvalue weighted by Crippen LogP contribution is -1.90. The van der Waals surface area contributed by atoms with E-state index in [0.717, 1.165) is 32.4 Å². The van der Waals surface area contributed by atoms with Crippen molar-refractivity contribution in [2.24, 2.45) is 0 Å². The van der Waals surface area contributed by atoms with Crippen LogP contribution in [0.4, 0.5) is 10.8 Å². The lowest BCUT2D eigenvalue weighted by atomic mass is 10.1. The molecule has 0 bridgehead atoms. The zero-order chi connectivity index (χ0) is 20.9. The number of hydrogen-bond donors (Lipinski definition) is 1. The van der Waals surface area contributed by atoms with Gasteiger partial charge in [0, 0.05) is 11.4 Å². The van der Waals surface area contributed by atoms with Crippen molar-refractivity contribution in [1.82, 2.24) is 10.2 Å². The fourth-order valence-electron chi connectivity index (χ4n) is 3.23. The van der Waals surface area contributed by atoms with Gasteiger partial charge in [-0.3, -0.25) is 0 Å². The van der Waals surface area contributed by atoms with Gasteiger partial charge in [0.2, 0.25) is 5.13 Å². The summed E-state index contributed by atoms with van der Waals surface area (Å²) in [6, 6.07) is 32.5. The van der Waals surface area contributed by atoms with E-state index in [9.17, 15) is 0 Å². The Hall–Kier alpha value is -3.35. The number of hydrogen-bond acceptors (Lipinski definition) is 6. The van der Waals surface area contributed by atoms with E-state index in [-0.39, 0.29) is 0 Å². The maximum absolute atomic E-state index is 5.84. The lowest BCUT2D eigenvalue weighted by Gasteiger charge is -2.07. The first-order valence-electron chi connectivity index (χ1n) is 9.86. The standard InChI is InChI=1S/C25H19N3OS2/c1-2-10-21(11-3-1)29-22-15-13-20(14-16-22)26-24-27-28-25(31-24)30-17-19-9-6-8-18-7-4-5-12-23(18)19/h1-16H,17H2,(H,26,27). The molecule has 0 amide bonds. The average molecular weight is 442 g/mol. The molecule has 0 atom stereocenters. The summed E-state index contributed by atoms with van der Waals surface area (Å²) in [6.07, 6.45) is 0. The number of benzene rings is 4. The average Bonchev–Trinajstić information content (AvgIpc) is 3.27. The molecule has 31 heavy (non-hydrogen) atoms. The number of rotatable bonds is 7. The van der Waals surface area contributed by atoms with E-state index < -0.39 is 0 Å². The Morgan fingerprint density at radius 3 is 2.35 bits per heavy atom. The Bertz CT molecular complexity index is 1280. The molecule has 0 aliphatic heterocycles. The summed E-state index contributed by atoms with van der Waals surface area (Å²) in [6.45, 7) is 0. The highest BCUT2D eigenvalue weighted by Crippen LogP contribution is 2.32. The molecule has 4 nitrogen and oxygen atoms in total. The van der Waals surface area contributed by atoms with Crippen molar-refractivity contribution >= 4 is 44.7 Å². The lowest BCUT2D eigenvalue weighted by molar-refractivity contribution is 0.483. The number of nitrogens with zero attached hydrogens (tertiary/aromatic N) is 2. The van der Waals surface area contributed by atoms with Crippen molar-refractivity contribution in [3.05, 3.63) is 103 Å². The second-order valence-electron chi connectivity index (χ2n) is 6.86. The Kier molecular flexibility index (Phi) is 5.82. The summed E-state index contributed by atoms with van der Waals surface area (Å²) in [5.74, 6) is 2.47. The van der Waals surface area contributed by atoms with Crippen LogP contribution in [0.1, 0.15) is 5.56 Å². The van der Waals surface area contributed by atoms with Gasteiger partial charge in [-0.05, 0) is 52.7 Å². The van der Waals surface area contributed by atoms with Crippen molar-refractivity contribution in [3.63, 3.8) is 0 Å². The van der Waals surface area contributed by atoms with Gasteiger partial charge >= 0.3 is 0 Å². The SMILES string of the molecule is c1ccc(Oc2ccc(Nc3nnc(SCc4cccc5ccccc45)s3)cc2)cc1. The smallest absolute Gasteiger partial charge is 0.210 e. The normalized spacial score (nSPS) is 10.8. The van der Waals surface area contributed by atoms with Crippen molar-refractivity contribution in [2.45, 2.75) is 10.1 Å². The second kappa shape index (κ2) is 9.20. The van der Waals surface area contributed by atoms with Gasteiger partial charge in [0.1, 0.15) is 11.5 Å². The van der Waals surface area contributed by atoms with Crippen LogP contribution in [-0.2, 0) is 5.75 Å². The third-order valence-corrected chi connectivity index (χ3v) is 6.74. The van der Waals surface area contributed by atoms with Gasteiger partial charge in [-0.25, -0.2) is 0 Å². The summed E-state index contributed by atoms with van der Waals surface area (Å²) in [7, 11) is 0. The van der Waals surface area contributed by atoms with Gasteiger partial charge in [-0.1, -0.05) is 83.8 Å². The van der Waals surface area contributed by atoms with Crippen LogP contribution in [0.3, 0.4) is 0 Å². The third kappa shape index (κ3) is 4.87. The molecule has 152 valence electrons. The minimum absolute atomic E-state index is 0.775. The summed E-state index contributed by atoms with van der Waals surface area (Å²) < 4.78 is 6.78. The molecular formula is C25H19N3OS2. The van der Waals surface area contributed by atoms with Crippen molar-refractivity contribution in [1.29, 1.82) is 0 Å². The fourth-order valence-corrected chi connectivity index (χ4v) is 5.01. The molecule has 1 aromatic heterocycles. The molecule has 5 rings (SSSR count). The van der Waals surface area contributed by atoms with Crippen LogP contribution in [0.5, 0.6) is 11.5 Å². The van der Waals surface area contributed by atoms with Gasteiger partial charge in [0.15, 0.2) is 4.34 Å². The molecule has 0 saturated carbocycles. The summed E-state index contributed by atoms with van der Waals surface area (Å²) >= 11 is 3.27. The molecule has 0 unspecified atom stereocenters. The highest BCUT2D eigenvalue weighted by atomic mass is 32.2. The summed E-state index contributed by atoms with van der Waals surface area (Å²) in [4.78, 5) is 0. The van der Waals surface area contributed by atoms with Crippen LogP contribution in [0, 0.1) is 0 Å². The maximum Gasteiger partial charge on any atom is 0.210 e. The molecule has 0 fully saturated rings. The van der Waals surface area contributed by atoms with Crippen LogP contribution < -0.4 is 10.1 Å². The third-order valence-electron chi connectivity index (χ3n) is 4.72. The molecule has 1 heterocycles. The maximum atomic E-state index is 5.84. The van der Waals surface area contributed by atoms with E-state index >= 15 is 0 Å². The molecule has 0 saturated heterocycles. The molecule has 0 aliphatic carbocycles. The Morgan fingerprint density at radius 2 is 1.48 bits per heavy atom. The molecule has 1 N–H and O–H groups in total. The summed E-state index contributed by atoms with van der Waals surface area (Å²) in [5.41, 5.74) is 2.25. The van der Waals surface area contributed by atoms with Gasteiger partial charge in [0.05, 0.1) is 0 Å². The Morgan fingerprint density at radius 1 is 0.742 bits per heavy atom.